The summed E-state index contributed by atoms with van der Waals surface area (Å²) in [6.45, 7) is 7.50. The fourth-order valence-corrected chi connectivity index (χ4v) is 3.37. The van der Waals surface area contributed by atoms with E-state index in [9.17, 15) is 5.26 Å². The van der Waals surface area contributed by atoms with Crippen LogP contribution < -0.4 is 0 Å². The lowest BCUT2D eigenvalue weighted by atomic mass is 10.1. The maximum atomic E-state index is 9.24. The van der Waals surface area contributed by atoms with Gasteiger partial charge in [-0.3, -0.25) is 0 Å². The standard InChI is InChI=1S/C15H22N4S/c1-12-13(2)17-18-15(14(12)11-16)20-10-6-9-19-7-4-3-5-8-19/h3-10H2,1-2H3. The number of thioether (sulfide) groups is 1. The molecule has 0 aromatic carbocycles. The molecule has 0 amide bonds. The average Bonchev–Trinajstić information content (AvgIpc) is 2.48. The molecular weight excluding hydrogens is 268 g/mol. The van der Waals surface area contributed by atoms with Gasteiger partial charge in [0.05, 0.1) is 11.3 Å². The van der Waals surface area contributed by atoms with Crippen molar-refractivity contribution in [2.75, 3.05) is 25.4 Å². The van der Waals surface area contributed by atoms with Gasteiger partial charge in [0.2, 0.25) is 0 Å². The molecule has 0 atom stereocenters. The maximum Gasteiger partial charge on any atom is 0.137 e. The van der Waals surface area contributed by atoms with Gasteiger partial charge in [-0.2, -0.15) is 10.4 Å². The van der Waals surface area contributed by atoms with Gasteiger partial charge in [-0.25, -0.2) is 0 Å². The first-order chi connectivity index (χ1) is 9.72. The highest BCUT2D eigenvalue weighted by molar-refractivity contribution is 7.99. The Morgan fingerprint density at radius 3 is 2.65 bits per heavy atom. The second kappa shape index (κ2) is 7.61. The maximum absolute atomic E-state index is 9.24. The minimum Gasteiger partial charge on any atom is -0.303 e. The lowest BCUT2D eigenvalue weighted by molar-refractivity contribution is 0.230. The lowest BCUT2D eigenvalue weighted by Gasteiger charge is -2.26. The molecule has 1 aromatic rings. The Hall–Kier alpha value is -1.12. The third-order valence-corrected chi connectivity index (χ3v) is 4.89. The van der Waals surface area contributed by atoms with Gasteiger partial charge >= 0.3 is 0 Å². The van der Waals surface area contributed by atoms with Gasteiger partial charge in [-0.1, -0.05) is 6.42 Å². The van der Waals surface area contributed by atoms with Crippen LogP contribution in [0.5, 0.6) is 0 Å². The summed E-state index contributed by atoms with van der Waals surface area (Å²) in [6.07, 6.45) is 5.21. The third kappa shape index (κ3) is 3.94. The molecule has 2 rings (SSSR count). The number of likely N-dealkylation sites (tertiary alicyclic amines) is 1. The minimum absolute atomic E-state index is 0.695. The predicted molar refractivity (Wildman–Crippen MR) is 81.9 cm³/mol. The van der Waals surface area contributed by atoms with E-state index >= 15 is 0 Å². The van der Waals surface area contributed by atoms with Crippen LogP contribution in [-0.2, 0) is 0 Å². The van der Waals surface area contributed by atoms with Crippen molar-refractivity contribution < 1.29 is 0 Å². The first-order valence-corrected chi connectivity index (χ1v) is 8.30. The number of nitriles is 1. The van der Waals surface area contributed by atoms with Crippen LogP contribution in [0.4, 0.5) is 0 Å². The lowest BCUT2D eigenvalue weighted by Crippen LogP contribution is -2.30. The fraction of sp³-hybridized carbons (Fsp3) is 0.667. The Morgan fingerprint density at radius 2 is 1.95 bits per heavy atom. The van der Waals surface area contributed by atoms with E-state index in [1.54, 1.807) is 11.8 Å². The van der Waals surface area contributed by atoms with E-state index in [2.05, 4.69) is 21.2 Å². The van der Waals surface area contributed by atoms with Gasteiger partial charge in [0.1, 0.15) is 11.1 Å². The molecule has 0 bridgehead atoms. The number of hydrogen-bond acceptors (Lipinski definition) is 5. The van der Waals surface area contributed by atoms with Crippen LogP contribution >= 0.6 is 11.8 Å². The number of hydrogen-bond donors (Lipinski definition) is 0. The minimum atomic E-state index is 0.695. The molecule has 0 aliphatic carbocycles. The Kier molecular flexibility index (Phi) is 5.81. The number of aromatic nitrogens is 2. The summed E-state index contributed by atoms with van der Waals surface area (Å²) >= 11 is 1.66. The van der Waals surface area contributed by atoms with Crippen molar-refractivity contribution in [2.24, 2.45) is 0 Å². The summed E-state index contributed by atoms with van der Waals surface area (Å²) in [4.78, 5) is 2.54. The van der Waals surface area contributed by atoms with Gasteiger partial charge in [0, 0.05) is 5.75 Å². The quantitative estimate of drug-likeness (QED) is 0.616. The predicted octanol–water partition coefficient (Wildman–Crippen LogP) is 2.93. The van der Waals surface area contributed by atoms with Gasteiger partial charge < -0.3 is 4.90 Å². The Morgan fingerprint density at radius 1 is 1.20 bits per heavy atom. The van der Waals surface area contributed by atoms with E-state index in [0.29, 0.717) is 5.56 Å². The molecule has 1 saturated heterocycles. The monoisotopic (exact) mass is 290 g/mol. The highest BCUT2D eigenvalue weighted by Gasteiger charge is 2.12. The molecule has 20 heavy (non-hydrogen) atoms. The van der Waals surface area contributed by atoms with E-state index in [1.165, 1.54) is 32.4 Å². The van der Waals surface area contributed by atoms with Gasteiger partial charge in [0.15, 0.2) is 0 Å². The summed E-state index contributed by atoms with van der Waals surface area (Å²) in [6, 6.07) is 2.26. The first kappa shape index (κ1) is 15.3. The summed E-state index contributed by atoms with van der Waals surface area (Å²) in [7, 11) is 0. The van der Waals surface area contributed by atoms with Crippen molar-refractivity contribution in [3.63, 3.8) is 0 Å². The van der Waals surface area contributed by atoms with Crippen LogP contribution in [0.1, 0.15) is 42.5 Å². The highest BCUT2D eigenvalue weighted by atomic mass is 32.2. The smallest absolute Gasteiger partial charge is 0.137 e. The number of nitrogens with zero attached hydrogens (tertiary/aromatic N) is 4. The average molecular weight is 290 g/mol. The Bertz CT molecular complexity index is 489. The number of rotatable bonds is 5. The van der Waals surface area contributed by atoms with E-state index in [1.807, 2.05) is 13.8 Å². The molecule has 1 aliphatic heterocycles. The van der Waals surface area contributed by atoms with Crippen LogP contribution in [0.15, 0.2) is 5.03 Å². The molecule has 2 heterocycles. The largest absolute Gasteiger partial charge is 0.303 e. The van der Waals surface area contributed by atoms with Gasteiger partial charge in [-0.05, 0) is 58.3 Å². The molecule has 0 radical (unpaired) electrons. The Balaban J connectivity index is 1.82. The SMILES string of the molecule is Cc1nnc(SCCCN2CCCCC2)c(C#N)c1C. The molecule has 5 heteroatoms. The van der Waals surface area contributed by atoms with Crippen molar-refractivity contribution >= 4 is 11.8 Å². The van der Waals surface area contributed by atoms with Crippen LogP contribution in [-0.4, -0.2) is 40.5 Å². The van der Waals surface area contributed by atoms with Gasteiger partial charge in [-0.15, -0.1) is 16.9 Å². The second-order valence-electron chi connectivity index (χ2n) is 5.31. The zero-order valence-electron chi connectivity index (χ0n) is 12.4. The molecule has 0 unspecified atom stereocenters. The number of piperidine rings is 1. The van der Waals surface area contributed by atoms with Crippen LogP contribution in [0.25, 0.3) is 0 Å². The fourth-order valence-electron chi connectivity index (χ4n) is 2.46. The molecule has 1 fully saturated rings. The van der Waals surface area contributed by atoms with Crippen molar-refractivity contribution in [3.8, 4) is 6.07 Å². The summed E-state index contributed by atoms with van der Waals surface area (Å²) < 4.78 is 0. The van der Waals surface area contributed by atoms with Gasteiger partial charge in [0.25, 0.3) is 0 Å². The van der Waals surface area contributed by atoms with E-state index in [4.69, 9.17) is 0 Å². The zero-order chi connectivity index (χ0) is 14.4. The molecule has 1 aromatic heterocycles. The second-order valence-corrected chi connectivity index (χ2v) is 6.39. The topological polar surface area (TPSA) is 52.8 Å². The number of aryl methyl sites for hydroxylation is 1. The van der Waals surface area contributed by atoms with Crippen molar-refractivity contribution in [1.82, 2.24) is 15.1 Å². The summed E-state index contributed by atoms with van der Waals surface area (Å²) in [5, 5.41) is 18.3. The molecule has 108 valence electrons. The van der Waals surface area contributed by atoms with Crippen molar-refractivity contribution in [1.29, 1.82) is 5.26 Å². The van der Waals surface area contributed by atoms with Crippen LogP contribution in [0.3, 0.4) is 0 Å². The Labute approximate surface area is 125 Å². The normalized spacial score (nSPS) is 16.1. The van der Waals surface area contributed by atoms with Crippen molar-refractivity contribution in [3.05, 3.63) is 16.8 Å². The highest BCUT2D eigenvalue weighted by Crippen LogP contribution is 2.23. The van der Waals surface area contributed by atoms with Crippen LogP contribution in [0, 0.1) is 25.2 Å². The molecular formula is C15H22N4S. The first-order valence-electron chi connectivity index (χ1n) is 7.31. The molecule has 1 aliphatic rings. The summed E-state index contributed by atoms with van der Waals surface area (Å²) in [5.74, 6) is 1.00. The molecule has 0 saturated carbocycles. The van der Waals surface area contributed by atoms with E-state index < -0.39 is 0 Å². The molecule has 0 spiro atoms. The third-order valence-electron chi connectivity index (χ3n) is 3.84. The van der Waals surface area contributed by atoms with E-state index in [0.717, 1.165) is 35.0 Å². The molecule has 4 nitrogen and oxygen atoms in total. The summed E-state index contributed by atoms with van der Waals surface area (Å²) in [5.41, 5.74) is 2.50. The van der Waals surface area contributed by atoms with E-state index in [-0.39, 0.29) is 0 Å². The molecule has 0 N–H and O–H groups in total. The van der Waals surface area contributed by atoms with Crippen LogP contribution in [0.2, 0.25) is 0 Å². The van der Waals surface area contributed by atoms with Crippen molar-refractivity contribution in [2.45, 2.75) is 44.6 Å². The zero-order valence-corrected chi connectivity index (χ0v) is 13.2.